The summed E-state index contributed by atoms with van der Waals surface area (Å²) in [5.41, 5.74) is 3.07. The van der Waals surface area contributed by atoms with Crippen molar-refractivity contribution in [2.75, 3.05) is 7.11 Å². The van der Waals surface area contributed by atoms with Gasteiger partial charge >= 0.3 is 0 Å². The molecule has 2 aliphatic rings. The molecule has 0 saturated heterocycles. The molecule has 1 aromatic heterocycles. The fourth-order valence-electron chi connectivity index (χ4n) is 5.01. The molecular weight excluding hydrogens is 424 g/mol. The summed E-state index contributed by atoms with van der Waals surface area (Å²) in [4.78, 5) is 17.9. The van der Waals surface area contributed by atoms with Crippen LogP contribution < -0.4 is 9.46 Å². The molecule has 1 N–H and O–H groups in total. The van der Waals surface area contributed by atoms with Gasteiger partial charge in [-0.15, -0.1) is 0 Å². The summed E-state index contributed by atoms with van der Waals surface area (Å²) in [5.74, 6) is -0.232. The number of ether oxygens (including phenoxy) is 1. The fraction of sp³-hybridized carbons (Fsp3) is 0.360. The highest BCUT2D eigenvalue weighted by molar-refractivity contribution is 7.90. The highest BCUT2D eigenvalue weighted by Crippen LogP contribution is 2.45. The van der Waals surface area contributed by atoms with E-state index in [2.05, 4.69) is 9.71 Å². The molecule has 0 radical (unpaired) electrons. The second kappa shape index (κ2) is 8.20. The monoisotopic (exact) mass is 450 g/mol. The van der Waals surface area contributed by atoms with Crippen LogP contribution in [0.4, 0.5) is 0 Å². The third-order valence-corrected chi connectivity index (χ3v) is 8.23. The van der Waals surface area contributed by atoms with Gasteiger partial charge in [0, 0.05) is 17.1 Å². The van der Waals surface area contributed by atoms with Crippen LogP contribution >= 0.6 is 0 Å². The Bertz CT molecular complexity index is 1290. The quantitative estimate of drug-likeness (QED) is 0.621. The summed E-state index contributed by atoms with van der Waals surface area (Å²) < 4.78 is 34.3. The Hall–Kier alpha value is -2.93. The van der Waals surface area contributed by atoms with E-state index in [1.165, 1.54) is 18.1 Å². The number of pyridine rings is 1. The van der Waals surface area contributed by atoms with E-state index < -0.39 is 21.8 Å². The Kier molecular flexibility index (Phi) is 5.37. The summed E-state index contributed by atoms with van der Waals surface area (Å²) in [5, 5.41) is 1.40. The summed E-state index contributed by atoms with van der Waals surface area (Å²) >= 11 is 0. The van der Waals surface area contributed by atoms with Crippen LogP contribution in [0.15, 0.2) is 53.6 Å². The molecule has 32 heavy (non-hydrogen) atoms. The number of fused-ring (bicyclic) bond motifs is 2. The molecule has 0 aliphatic heterocycles. The second-order valence-electron chi connectivity index (χ2n) is 8.63. The molecule has 1 atom stereocenters. The molecule has 1 saturated carbocycles. The lowest BCUT2D eigenvalue weighted by atomic mass is 9.73. The Labute approximate surface area is 188 Å². The minimum absolute atomic E-state index is 0.105. The van der Waals surface area contributed by atoms with Crippen LogP contribution in [0, 0.1) is 0 Å². The van der Waals surface area contributed by atoms with Crippen molar-refractivity contribution in [3.63, 3.8) is 0 Å². The SMILES string of the molecule is COc1ncc(C2CCC2)c2c1[C@@H](C(=O)NS(=O)(=O)c1cccc3ccccc13)CCC2. The van der Waals surface area contributed by atoms with Crippen LogP contribution in [-0.2, 0) is 21.2 Å². The van der Waals surface area contributed by atoms with Gasteiger partial charge in [-0.2, -0.15) is 0 Å². The number of sulfonamides is 1. The van der Waals surface area contributed by atoms with E-state index >= 15 is 0 Å². The van der Waals surface area contributed by atoms with E-state index in [4.69, 9.17) is 4.74 Å². The van der Waals surface area contributed by atoms with Crippen molar-refractivity contribution in [2.45, 2.75) is 55.3 Å². The van der Waals surface area contributed by atoms with Gasteiger partial charge < -0.3 is 4.74 Å². The Morgan fingerprint density at radius 2 is 1.84 bits per heavy atom. The van der Waals surface area contributed by atoms with Crippen molar-refractivity contribution >= 4 is 26.7 Å². The summed E-state index contributed by atoms with van der Waals surface area (Å²) in [6.07, 6.45) is 7.61. The molecule has 1 amide bonds. The average Bonchev–Trinajstić information content (AvgIpc) is 2.77. The van der Waals surface area contributed by atoms with Crippen molar-refractivity contribution in [3.05, 3.63) is 65.4 Å². The minimum Gasteiger partial charge on any atom is -0.481 e. The number of nitrogens with zero attached hydrogens (tertiary/aromatic N) is 1. The molecule has 2 aliphatic carbocycles. The summed E-state index contributed by atoms with van der Waals surface area (Å²) in [6.45, 7) is 0. The standard InChI is InChI=1S/C25H26N2O4S/c1-31-25-23-19(21(15-26-25)17-8-4-9-17)12-6-13-20(23)24(28)27-32(29,30)22-14-5-10-16-7-2-3-11-18(16)22/h2-3,5,7,10-11,14-15,17,20H,4,6,8-9,12-13H2,1H3,(H,27,28)/t20-/m0/s1. The Balaban J connectivity index is 1.51. The second-order valence-corrected chi connectivity index (χ2v) is 10.3. The van der Waals surface area contributed by atoms with E-state index in [1.54, 1.807) is 25.3 Å². The molecule has 1 fully saturated rings. The number of hydrogen-bond donors (Lipinski definition) is 1. The number of methoxy groups -OCH3 is 1. The van der Waals surface area contributed by atoms with Gasteiger partial charge in [-0.1, -0.05) is 42.8 Å². The highest BCUT2D eigenvalue weighted by Gasteiger charge is 2.36. The van der Waals surface area contributed by atoms with E-state index in [1.807, 2.05) is 24.4 Å². The molecule has 166 valence electrons. The molecule has 2 aromatic carbocycles. The van der Waals surface area contributed by atoms with E-state index in [-0.39, 0.29) is 4.90 Å². The van der Waals surface area contributed by atoms with Gasteiger partial charge in [0.25, 0.3) is 10.0 Å². The topological polar surface area (TPSA) is 85.4 Å². The lowest BCUT2D eigenvalue weighted by Crippen LogP contribution is -2.36. The zero-order valence-corrected chi connectivity index (χ0v) is 18.8. The Morgan fingerprint density at radius 1 is 1.06 bits per heavy atom. The van der Waals surface area contributed by atoms with Gasteiger partial charge in [-0.3, -0.25) is 4.79 Å². The number of aromatic nitrogens is 1. The maximum absolute atomic E-state index is 13.3. The normalized spacial score (nSPS) is 18.6. The van der Waals surface area contributed by atoms with Gasteiger partial charge in [0.05, 0.1) is 17.9 Å². The first-order valence-electron chi connectivity index (χ1n) is 11.1. The number of carbonyl (C=O) groups is 1. The molecule has 7 heteroatoms. The molecule has 0 unspecified atom stereocenters. The van der Waals surface area contributed by atoms with E-state index in [9.17, 15) is 13.2 Å². The van der Waals surface area contributed by atoms with Crippen LogP contribution in [0.25, 0.3) is 10.8 Å². The van der Waals surface area contributed by atoms with Crippen molar-refractivity contribution in [1.82, 2.24) is 9.71 Å². The van der Waals surface area contributed by atoms with Crippen molar-refractivity contribution in [2.24, 2.45) is 0 Å². The first kappa shape index (κ1) is 20.9. The van der Waals surface area contributed by atoms with Crippen molar-refractivity contribution in [1.29, 1.82) is 0 Å². The maximum Gasteiger partial charge on any atom is 0.264 e. The van der Waals surface area contributed by atoms with Crippen LogP contribution in [-0.4, -0.2) is 26.4 Å². The molecule has 0 bridgehead atoms. The molecule has 0 spiro atoms. The zero-order valence-electron chi connectivity index (χ0n) is 18.0. The molecular formula is C25H26N2O4S. The first-order chi connectivity index (χ1) is 15.5. The van der Waals surface area contributed by atoms with E-state index in [0.29, 0.717) is 23.6 Å². The number of carbonyl (C=O) groups excluding carboxylic acids is 1. The molecule has 1 heterocycles. The van der Waals surface area contributed by atoms with Crippen LogP contribution in [0.1, 0.15) is 60.6 Å². The van der Waals surface area contributed by atoms with Gasteiger partial charge in [-0.25, -0.2) is 18.1 Å². The number of rotatable bonds is 5. The minimum atomic E-state index is -4.04. The zero-order chi connectivity index (χ0) is 22.3. The molecule has 3 aromatic rings. The third kappa shape index (κ3) is 3.54. The van der Waals surface area contributed by atoms with Crippen LogP contribution in [0.3, 0.4) is 0 Å². The number of nitrogens with one attached hydrogen (secondary N) is 1. The lowest BCUT2D eigenvalue weighted by Gasteiger charge is -2.33. The lowest BCUT2D eigenvalue weighted by molar-refractivity contribution is -0.121. The first-order valence-corrected chi connectivity index (χ1v) is 12.6. The number of benzene rings is 2. The third-order valence-electron chi connectivity index (χ3n) is 6.82. The smallest absolute Gasteiger partial charge is 0.264 e. The summed E-state index contributed by atoms with van der Waals surface area (Å²) in [7, 11) is -2.49. The van der Waals surface area contributed by atoms with Gasteiger partial charge in [-0.05, 0) is 60.6 Å². The van der Waals surface area contributed by atoms with Crippen LogP contribution in [0.5, 0.6) is 5.88 Å². The predicted molar refractivity (Wildman–Crippen MR) is 122 cm³/mol. The number of amides is 1. The average molecular weight is 451 g/mol. The largest absolute Gasteiger partial charge is 0.481 e. The fourth-order valence-corrected chi connectivity index (χ4v) is 6.26. The molecule has 6 nitrogen and oxygen atoms in total. The maximum atomic E-state index is 13.3. The van der Waals surface area contributed by atoms with Gasteiger partial charge in [0.15, 0.2) is 0 Å². The van der Waals surface area contributed by atoms with Gasteiger partial charge in [0.1, 0.15) is 0 Å². The van der Waals surface area contributed by atoms with Gasteiger partial charge in [0.2, 0.25) is 11.8 Å². The predicted octanol–water partition coefficient (Wildman–Crippen LogP) is 4.44. The highest BCUT2D eigenvalue weighted by atomic mass is 32.2. The van der Waals surface area contributed by atoms with Crippen molar-refractivity contribution in [3.8, 4) is 5.88 Å². The summed E-state index contributed by atoms with van der Waals surface area (Å²) in [6, 6.07) is 12.3. The van der Waals surface area contributed by atoms with E-state index in [0.717, 1.165) is 42.2 Å². The van der Waals surface area contributed by atoms with Crippen LogP contribution in [0.2, 0.25) is 0 Å². The number of hydrogen-bond acceptors (Lipinski definition) is 5. The van der Waals surface area contributed by atoms with Crippen molar-refractivity contribution < 1.29 is 17.9 Å². The Morgan fingerprint density at radius 3 is 2.59 bits per heavy atom. The molecule has 5 rings (SSSR count).